The summed E-state index contributed by atoms with van der Waals surface area (Å²) >= 11 is 1.90. The Labute approximate surface area is 143 Å². The predicted octanol–water partition coefficient (Wildman–Crippen LogP) is 2.54. The molecule has 1 saturated heterocycles. The Balaban J connectivity index is 1.71. The van der Waals surface area contributed by atoms with E-state index in [1.165, 1.54) is 18.6 Å². The molecule has 2 N–H and O–H groups in total. The molecule has 0 spiro atoms. The summed E-state index contributed by atoms with van der Waals surface area (Å²) in [5.41, 5.74) is 0. The van der Waals surface area contributed by atoms with Crippen LogP contribution in [-0.2, 0) is 11.2 Å². The van der Waals surface area contributed by atoms with Gasteiger partial charge in [0.1, 0.15) is 5.76 Å². The first-order valence-electron chi connectivity index (χ1n) is 8.49. The van der Waals surface area contributed by atoms with Crippen LogP contribution >= 0.6 is 11.8 Å². The van der Waals surface area contributed by atoms with Crippen molar-refractivity contribution in [3.63, 3.8) is 0 Å². The van der Waals surface area contributed by atoms with Gasteiger partial charge in [-0.3, -0.25) is 4.99 Å². The van der Waals surface area contributed by atoms with E-state index >= 15 is 0 Å². The van der Waals surface area contributed by atoms with Gasteiger partial charge in [-0.2, -0.15) is 11.8 Å². The van der Waals surface area contributed by atoms with Crippen molar-refractivity contribution in [1.82, 2.24) is 10.6 Å². The van der Waals surface area contributed by atoms with Gasteiger partial charge in [-0.15, -0.1) is 0 Å². The molecule has 1 aromatic heterocycles. The highest BCUT2D eigenvalue weighted by Gasteiger charge is 2.15. The monoisotopic (exact) mass is 339 g/mol. The van der Waals surface area contributed by atoms with E-state index in [4.69, 9.17) is 14.1 Å². The molecule has 0 aliphatic carbocycles. The van der Waals surface area contributed by atoms with Crippen LogP contribution in [0.4, 0.5) is 0 Å². The van der Waals surface area contributed by atoms with E-state index in [0.29, 0.717) is 5.92 Å². The molecule has 1 aliphatic heterocycles. The second-order valence-electron chi connectivity index (χ2n) is 5.80. The maximum absolute atomic E-state index is 5.42. The lowest BCUT2D eigenvalue weighted by Gasteiger charge is -2.13. The summed E-state index contributed by atoms with van der Waals surface area (Å²) in [7, 11) is 0. The summed E-state index contributed by atoms with van der Waals surface area (Å²) in [6.07, 6.45) is 8.27. The van der Waals surface area contributed by atoms with Gasteiger partial charge in [0.25, 0.3) is 0 Å². The Bertz CT molecular complexity index is 431. The molecular weight excluding hydrogens is 310 g/mol. The number of hydrogen-bond acceptors (Lipinski definition) is 4. The number of rotatable bonds is 10. The van der Waals surface area contributed by atoms with Gasteiger partial charge in [-0.1, -0.05) is 0 Å². The van der Waals surface area contributed by atoms with Crippen LogP contribution in [0.5, 0.6) is 0 Å². The first-order chi connectivity index (χ1) is 11.4. The topological polar surface area (TPSA) is 58.8 Å². The van der Waals surface area contributed by atoms with Crippen LogP contribution in [0.1, 0.15) is 25.0 Å². The zero-order valence-corrected chi connectivity index (χ0v) is 14.9. The highest BCUT2D eigenvalue weighted by molar-refractivity contribution is 7.98. The maximum Gasteiger partial charge on any atom is 0.191 e. The number of furan rings is 1. The molecule has 0 amide bonds. The minimum Gasteiger partial charge on any atom is -0.469 e. The molecule has 23 heavy (non-hydrogen) atoms. The zero-order chi connectivity index (χ0) is 16.2. The molecule has 1 atom stereocenters. The summed E-state index contributed by atoms with van der Waals surface area (Å²) in [6.45, 7) is 4.35. The van der Waals surface area contributed by atoms with Crippen LogP contribution in [-0.4, -0.2) is 50.8 Å². The number of thioether (sulfide) groups is 1. The van der Waals surface area contributed by atoms with Gasteiger partial charge in [-0.05, 0) is 43.4 Å². The zero-order valence-electron chi connectivity index (χ0n) is 14.1. The molecule has 6 heteroatoms. The predicted molar refractivity (Wildman–Crippen MR) is 97.3 cm³/mol. The average Bonchev–Trinajstić information content (AvgIpc) is 3.25. The second kappa shape index (κ2) is 11.4. The Hall–Kier alpha value is -1.14. The molecule has 130 valence electrons. The fourth-order valence-corrected chi connectivity index (χ4v) is 2.95. The number of guanidine groups is 1. The van der Waals surface area contributed by atoms with Gasteiger partial charge in [-0.25, -0.2) is 0 Å². The number of ether oxygens (including phenoxy) is 1. The minimum absolute atomic E-state index is 0.565. The van der Waals surface area contributed by atoms with Crippen molar-refractivity contribution in [1.29, 1.82) is 0 Å². The van der Waals surface area contributed by atoms with Crippen molar-refractivity contribution in [3.8, 4) is 0 Å². The third-order valence-corrected chi connectivity index (χ3v) is 4.54. The molecule has 2 rings (SSSR count). The Morgan fingerprint density at radius 1 is 1.35 bits per heavy atom. The lowest BCUT2D eigenvalue weighted by molar-refractivity contribution is 0.187. The molecular formula is C17H29N3O2S. The van der Waals surface area contributed by atoms with Crippen molar-refractivity contribution in [2.75, 3.05) is 44.9 Å². The van der Waals surface area contributed by atoms with Gasteiger partial charge in [0.2, 0.25) is 0 Å². The Kier molecular flexibility index (Phi) is 9.03. The van der Waals surface area contributed by atoms with E-state index in [9.17, 15) is 0 Å². The van der Waals surface area contributed by atoms with E-state index < -0.39 is 0 Å². The Morgan fingerprint density at radius 2 is 2.26 bits per heavy atom. The SMILES string of the molecule is CSCCCCNC(=NCC1CCOC1)NCCc1ccco1. The third kappa shape index (κ3) is 7.79. The van der Waals surface area contributed by atoms with Crippen LogP contribution in [0, 0.1) is 5.92 Å². The summed E-state index contributed by atoms with van der Waals surface area (Å²) in [4.78, 5) is 4.72. The van der Waals surface area contributed by atoms with Crippen LogP contribution in [0.25, 0.3) is 0 Å². The van der Waals surface area contributed by atoms with E-state index in [0.717, 1.165) is 57.4 Å². The number of nitrogens with one attached hydrogen (secondary N) is 2. The summed E-state index contributed by atoms with van der Waals surface area (Å²) in [5, 5.41) is 6.85. The van der Waals surface area contributed by atoms with Crippen molar-refractivity contribution >= 4 is 17.7 Å². The maximum atomic E-state index is 5.42. The van der Waals surface area contributed by atoms with Crippen LogP contribution in [0.15, 0.2) is 27.8 Å². The number of unbranched alkanes of at least 4 members (excludes halogenated alkanes) is 1. The van der Waals surface area contributed by atoms with Gasteiger partial charge in [0.15, 0.2) is 5.96 Å². The molecule has 0 saturated carbocycles. The molecule has 0 radical (unpaired) electrons. The summed E-state index contributed by atoms with van der Waals surface area (Å²) in [5.74, 6) is 3.70. The minimum atomic E-state index is 0.565. The molecule has 5 nitrogen and oxygen atoms in total. The van der Waals surface area contributed by atoms with Gasteiger partial charge >= 0.3 is 0 Å². The quantitative estimate of drug-likeness (QED) is 0.390. The lowest BCUT2D eigenvalue weighted by atomic mass is 10.1. The average molecular weight is 340 g/mol. The van der Waals surface area contributed by atoms with E-state index in [2.05, 4.69) is 16.9 Å². The van der Waals surface area contributed by atoms with Crippen LogP contribution in [0.3, 0.4) is 0 Å². The normalized spacial score (nSPS) is 18.3. The smallest absolute Gasteiger partial charge is 0.191 e. The highest BCUT2D eigenvalue weighted by atomic mass is 32.2. The third-order valence-electron chi connectivity index (χ3n) is 3.84. The number of aliphatic imine (C=N–C) groups is 1. The first-order valence-corrected chi connectivity index (χ1v) is 9.89. The van der Waals surface area contributed by atoms with Crippen molar-refractivity contribution in [3.05, 3.63) is 24.2 Å². The van der Waals surface area contributed by atoms with E-state index in [-0.39, 0.29) is 0 Å². The Morgan fingerprint density at radius 3 is 3.00 bits per heavy atom. The fourth-order valence-electron chi connectivity index (χ4n) is 2.46. The van der Waals surface area contributed by atoms with Crippen LogP contribution in [0.2, 0.25) is 0 Å². The van der Waals surface area contributed by atoms with E-state index in [1.54, 1.807) is 6.26 Å². The molecule has 1 aliphatic rings. The van der Waals surface area contributed by atoms with Gasteiger partial charge in [0.05, 0.1) is 12.9 Å². The lowest BCUT2D eigenvalue weighted by Crippen LogP contribution is -2.39. The van der Waals surface area contributed by atoms with Crippen molar-refractivity contribution in [2.24, 2.45) is 10.9 Å². The number of hydrogen-bond donors (Lipinski definition) is 2. The molecule has 0 aromatic carbocycles. The largest absolute Gasteiger partial charge is 0.469 e. The summed E-state index contributed by atoms with van der Waals surface area (Å²) < 4.78 is 10.8. The molecule has 1 fully saturated rings. The molecule has 1 unspecified atom stereocenters. The van der Waals surface area contributed by atoms with E-state index in [1.807, 2.05) is 23.9 Å². The second-order valence-corrected chi connectivity index (χ2v) is 6.79. The molecule has 2 heterocycles. The molecule has 0 bridgehead atoms. The van der Waals surface area contributed by atoms with Gasteiger partial charge in [0, 0.05) is 38.6 Å². The standard InChI is InChI=1S/C17H29N3O2S/c1-23-12-3-2-8-18-17(20-13-15-7-11-21-14-15)19-9-6-16-5-4-10-22-16/h4-5,10,15H,2-3,6-9,11-14H2,1H3,(H2,18,19,20). The number of nitrogens with zero attached hydrogens (tertiary/aromatic N) is 1. The van der Waals surface area contributed by atoms with Gasteiger partial charge < -0.3 is 19.8 Å². The highest BCUT2D eigenvalue weighted by Crippen LogP contribution is 2.12. The van der Waals surface area contributed by atoms with Crippen molar-refractivity contribution < 1.29 is 9.15 Å². The van der Waals surface area contributed by atoms with Crippen molar-refractivity contribution in [2.45, 2.75) is 25.7 Å². The first kappa shape index (κ1) is 18.2. The molecule has 1 aromatic rings. The summed E-state index contributed by atoms with van der Waals surface area (Å²) in [6, 6.07) is 3.93. The fraction of sp³-hybridized carbons (Fsp3) is 0.706. The van der Waals surface area contributed by atoms with Crippen LogP contribution < -0.4 is 10.6 Å².